The van der Waals surface area contributed by atoms with Crippen molar-refractivity contribution in [3.63, 3.8) is 0 Å². The Kier molecular flexibility index (Phi) is 2.12. The molecule has 0 aromatic carbocycles. The van der Waals surface area contributed by atoms with Crippen LogP contribution in [0.25, 0.3) is 0 Å². The lowest BCUT2D eigenvalue weighted by atomic mass is 9.95. The molecule has 3 atom stereocenters. The number of nitrogens with zero attached hydrogens (tertiary/aromatic N) is 2. The normalized spacial score (nSPS) is 42.7. The van der Waals surface area contributed by atoms with Gasteiger partial charge in [0.25, 0.3) is 0 Å². The summed E-state index contributed by atoms with van der Waals surface area (Å²) in [5, 5.41) is 14.2. The van der Waals surface area contributed by atoms with Gasteiger partial charge in [0.1, 0.15) is 0 Å². The molecule has 4 nitrogen and oxygen atoms in total. The number of hydrogen-bond donors (Lipinski definition) is 2. The van der Waals surface area contributed by atoms with Gasteiger partial charge in [0.2, 0.25) is 0 Å². The zero-order valence-electron chi connectivity index (χ0n) is 7.27. The smallest absolute Gasteiger partial charge is 0.0678 e. The lowest BCUT2D eigenvalue weighted by molar-refractivity contribution is -0.146. The van der Waals surface area contributed by atoms with E-state index in [1.807, 2.05) is 13.1 Å². The van der Waals surface area contributed by atoms with Crippen molar-refractivity contribution in [2.75, 3.05) is 13.1 Å². The molecular weight excluding hydrogens is 154 g/mol. The van der Waals surface area contributed by atoms with Gasteiger partial charge in [-0.15, -0.1) is 0 Å². The van der Waals surface area contributed by atoms with Crippen LogP contribution in [-0.2, 0) is 0 Å². The van der Waals surface area contributed by atoms with Crippen LogP contribution in [0.2, 0.25) is 0 Å². The van der Waals surface area contributed by atoms with Gasteiger partial charge in [0, 0.05) is 31.4 Å². The number of fused-ring (bicyclic) bond motifs is 1. The van der Waals surface area contributed by atoms with E-state index in [1.165, 1.54) is 5.06 Å². The Balaban J connectivity index is 2.06. The van der Waals surface area contributed by atoms with Crippen LogP contribution in [0.15, 0.2) is 4.99 Å². The Morgan fingerprint density at radius 2 is 2.50 bits per heavy atom. The van der Waals surface area contributed by atoms with E-state index < -0.39 is 0 Å². The average Bonchev–Trinajstić information content (AvgIpc) is 2.07. The second-order valence-corrected chi connectivity index (χ2v) is 3.62. The molecule has 0 spiro atoms. The van der Waals surface area contributed by atoms with Crippen LogP contribution in [0.5, 0.6) is 0 Å². The zero-order chi connectivity index (χ0) is 8.55. The van der Waals surface area contributed by atoms with E-state index in [4.69, 9.17) is 0 Å². The van der Waals surface area contributed by atoms with Gasteiger partial charge in [0.05, 0.1) is 6.04 Å². The van der Waals surface area contributed by atoms with Crippen molar-refractivity contribution in [1.82, 2.24) is 10.4 Å². The fourth-order valence-corrected chi connectivity index (χ4v) is 1.90. The highest BCUT2D eigenvalue weighted by atomic mass is 16.5. The molecule has 0 amide bonds. The van der Waals surface area contributed by atoms with Gasteiger partial charge in [-0.05, 0) is 13.3 Å². The summed E-state index contributed by atoms with van der Waals surface area (Å²) in [6.45, 7) is 3.56. The molecule has 0 radical (unpaired) electrons. The van der Waals surface area contributed by atoms with Crippen molar-refractivity contribution >= 4 is 6.21 Å². The SMILES string of the molecule is C[C@H]1CC2N=CCN[C@H]2CN1O. The molecule has 2 rings (SSSR count). The first kappa shape index (κ1) is 8.16. The van der Waals surface area contributed by atoms with E-state index in [9.17, 15) is 5.21 Å². The number of aliphatic imine (C=N–C) groups is 1. The van der Waals surface area contributed by atoms with E-state index in [2.05, 4.69) is 10.3 Å². The molecule has 2 heterocycles. The summed E-state index contributed by atoms with van der Waals surface area (Å²) in [6, 6.07) is 0.955. The van der Waals surface area contributed by atoms with Crippen LogP contribution in [0, 0.1) is 0 Å². The predicted molar refractivity (Wildman–Crippen MR) is 46.6 cm³/mol. The summed E-state index contributed by atoms with van der Waals surface area (Å²) >= 11 is 0. The molecule has 1 fully saturated rings. The summed E-state index contributed by atoms with van der Waals surface area (Å²) in [5.74, 6) is 0. The molecule has 0 aliphatic carbocycles. The van der Waals surface area contributed by atoms with E-state index in [1.54, 1.807) is 0 Å². The van der Waals surface area contributed by atoms with Crippen molar-refractivity contribution in [3.8, 4) is 0 Å². The molecular formula is C8H15N3O. The highest BCUT2D eigenvalue weighted by Crippen LogP contribution is 2.19. The van der Waals surface area contributed by atoms with Gasteiger partial charge in [-0.25, -0.2) is 0 Å². The van der Waals surface area contributed by atoms with Crippen molar-refractivity contribution in [3.05, 3.63) is 0 Å². The minimum atomic E-state index is 0.239. The summed E-state index contributed by atoms with van der Waals surface area (Å²) < 4.78 is 0. The highest BCUT2D eigenvalue weighted by Gasteiger charge is 2.33. The van der Waals surface area contributed by atoms with Crippen LogP contribution in [0.3, 0.4) is 0 Å². The third kappa shape index (κ3) is 1.37. The van der Waals surface area contributed by atoms with Crippen molar-refractivity contribution in [2.45, 2.75) is 31.5 Å². The minimum Gasteiger partial charge on any atom is -0.314 e. The summed E-state index contributed by atoms with van der Waals surface area (Å²) in [6.07, 6.45) is 2.88. The highest BCUT2D eigenvalue weighted by molar-refractivity contribution is 5.61. The first-order valence-corrected chi connectivity index (χ1v) is 4.48. The zero-order valence-corrected chi connectivity index (χ0v) is 7.27. The number of hydrogen-bond acceptors (Lipinski definition) is 4. The average molecular weight is 169 g/mol. The van der Waals surface area contributed by atoms with Crippen molar-refractivity contribution < 1.29 is 5.21 Å². The van der Waals surface area contributed by atoms with Crippen LogP contribution in [0.1, 0.15) is 13.3 Å². The number of rotatable bonds is 0. The first-order chi connectivity index (χ1) is 5.77. The monoisotopic (exact) mass is 169 g/mol. The second-order valence-electron chi connectivity index (χ2n) is 3.62. The standard InChI is InChI=1S/C8H15N3O/c1-6-4-7-8(5-11(6)12)10-3-2-9-7/h2,6-8,10,12H,3-5H2,1H3/t6-,7?,8-/m0/s1. The summed E-state index contributed by atoms with van der Waals surface area (Å²) in [7, 11) is 0. The largest absolute Gasteiger partial charge is 0.314 e. The number of nitrogens with one attached hydrogen (secondary N) is 1. The fraction of sp³-hybridized carbons (Fsp3) is 0.875. The molecule has 2 aliphatic heterocycles. The van der Waals surface area contributed by atoms with Crippen LogP contribution in [-0.4, -0.2) is 47.7 Å². The third-order valence-electron chi connectivity index (χ3n) is 2.71. The quantitative estimate of drug-likeness (QED) is 0.531. The Morgan fingerprint density at radius 1 is 1.67 bits per heavy atom. The number of piperidine rings is 1. The summed E-state index contributed by atoms with van der Waals surface area (Å²) in [4.78, 5) is 4.41. The Morgan fingerprint density at radius 3 is 3.33 bits per heavy atom. The van der Waals surface area contributed by atoms with E-state index in [0.717, 1.165) is 13.0 Å². The summed E-state index contributed by atoms with van der Waals surface area (Å²) in [5.41, 5.74) is 0. The van der Waals surface area contributed by atoms with Crippen LogP contribution >= 0.6 is 0 Å². The molecule has 2 N–H and O–H groups in total. The van der Waals surface area contributed by atoms with Gasteiger partial charge in [-0.3, -0.25) is 4.99 Å². The molecule has 0 aromatic heterocycles. The van der Waals surface area contributed by atoms with Crippen molar-refractivity contribution in [1.29, 1.82) is 0 Å². The maximum atomic E-state index is 9.46. The van der Waals surface area contributed by atoms with Gasteiger partial charge >= 0.3 is 0 Å². The Bertz CT molecular complexity index is 195. The maximum absolute atomic E-state index is 9.46. The Labute approximate surface area is 72.2 Å². The lowest BCUT2D eigenvalue weighted by Gasteiger charge is -2.39. The molecule has 0 aromatic rings. The molecule has 0 saturated carbocycles. The molecule has 68 valence electrons. The number of hydroxylamine groups is 2. The lowest BCUT2D eigenvalue weighted by Crippen LogP contribution is -2.57. The molecule has 1 unspecified atom stereocenters. The van der Waals surface area contributed by atoms with E-state index >= 15 is 0 Å². The van der Waals surface area contributed by atoms with Gasteiger partial charge in [-0.1, -0.05) is 0 Å². The van der Waals surface area contributed by atoms with Crippen molar-refractivity contribution in [2.24, 2.45) is 4.99 Å². The molecule has 1 saturated heterocycles. The molecule has 2 aliphatic rings. The molecule has 0 bridgehead atoms. The van der Waals surface area contributed by atoms with Gasteiger partial charge in [-0.2, -0.15) is 5.06 Å². The molecule has 12 heavy (non-hydrogen) atoms. The second kappa shape index (κ2) is 3.12. The Hall–Kier alpha value is -0.450. The predicted octanol–water partition coefficient (Wildman–Crippen LogP) is -0.119. The molecule has 4 heteroatoms. The van der Waals surface area contributed by atoms with Crippen LogP contribution in [0.4, 0.5) is 0 Å². The maximum Gasteiger partial charge on any atom is 0.0678 e. The van der Waals surface area contributed by atoms with Gasteiger partial charge in [0.15, 0.2) is 0 Å². The fourth-order valence-electron chi connectivity index (χ4n) is 1.90. The van der Waals surface area contributed by atoms with E-state index in [-0.39, 0.29) is 6.04 Å². The third-order valence-corrected chi connectivity index (χ3v) is 2.71. The van der Waals surface area contributed by atoms with Crippen LogP contribution < -0.4 is 5.32 Å². The first-order valence-electron chi connectivity index (χ1n) is 4.48. The van der Waals surface area contributed by atoms with E-state index in [0.29, 0.717) is 18.6 Å². The van der Waals surface area contributed by atoms with Gasteiger partial charge < -0.3 is 10.5 Å². The minimum absolute atomic E-state index is 0.239. The topological polar surface area (TPSA) is 47.9 Å².